The Hall–Kier alpha value is -0.810. The van der Waals surface area contributed by atoms with Crippen molar-refractivity contribution >= 4 is 6.09 Å². The van der Waals surface area contributed by atoms with Crippen LogP contribution in [-0.4, -0.2) is 54.1 Å². The summed E-state index contributed by atoms with van der Waals surface area (Å²) in [4.78, 5) is 13.9. The van der Waals surface area contributed by atoms with E-state index in [-0.39, 0.29) is 18.1 Å². The standard InChI is InChI=1S/C16H29NO4/c1-16(2,3)21-15(19)17-7-4-14(18)13(11-17)10-12-5-8-20-9-6-12/h12-14,18H,4-11H2,1-3H3. The van der Waals surface area contributed by atoms with Crippen LogP contribution < -0.4 is 0 Å². The van der Waals surface area contributed by atoms with E-state index in [0.717, 1.165) is 32.5 Å². The van der Waals surface area contributed by atoms with E-state index in [9.17, 15) is 9.90 Å². The summed E-state index contributed by atoms with van der Waals surface area (Å²) in [5.74, 6) is 0.770. The molecular formula is C16H29NO4. The van der Waals surface area contributed by atoms with Gasteiger partial charge in [0.05, 0.1) is 6.10 Å². The second kappa shape index (κ2) is 6.97. The van der Waals surface area contributed by atoms with E-state index >= 15 is 0 Å². The number of hydrogen-bond donors (Lipinski definition) is 1. The number of ether oxygens (including phenoxy) is 2. The monoisotopic (exact) mass is 299 g/mol. The summed E-state index contributed by atoms with van der Waals surface area (Å²) in [7, 11) is 0. The number of carbonyl (C=O) groups is 1. The van der Waals surface area contributed by atoms with Crippen molar-refractivity contribution < 1.29 is 19.4 Å². The van der Waals surface area contributed by atoms with Crippen LogP contribution in [0.25, 0.3) is 0 Å². The quantitative estimate of drug-likeness (QED) is 0.850. The number of aliphatic hydroxyl groups excluding tert-OH is 1. The number of likely N-dealkylation sites (tertiary alicyclic amines) is 1. The van der Waals surface area contributed by atoms with Gasteiger partial charge in [0.25, 0.3) is 0 Å². The summed E-state index contributed by atoms with van der Waals surface area (Å²) in [5, 5.41) is 10.2. The lowest BCUT2D eigenvalue weighted by Gasteiger charge is -2.38. The molecule has 0 spiro atoms. The Morgan fingerprint density at radius 1 is 1.29 bits per heavy atom. The molecule has 0 saturated carbocycles. The summed E-state index contributed by atoms with van der Waals surface area (Å²) in [6, 6.07) is 0. The van der Waals surface area contributed by atoms with E-state index in [2.05, 4.69) is 0 Å². The van der Waals surface area contributed by atoms with Crippen molar-refractivity contribution in [3.63, 3.8) is 0 Å². The molecule has 0 bridgehead atoms. The number of rotatable bonds is 2. The minimum atomic E-state index is -0.469. The smallest absolute Gasteiger partial charge is 0.410 e. The average molecular weight is 299 g/mol. The summed E-state index contributed by atoms with van der Waals surface area (Å²) in [5.41, 5.74) is -0.469. The van der Waals surface area contributed by atoms with Gasteiger partial charge in [-0.05, 0) is 52.4 Å². The van der Waals surface area contributed by atoms with E-state index in [4.69, 9.17) is 9.47 Å². The zero-order chi connectivity index (χ0) is 15.5. The minimum Gasteiger partial charge on any atom is -0.444 e. The molecule has 2 fully saturated rings. The van der Waals surface area contributed by atoms with Gasteiger partial charge in [-0.3, -0.25) is 0 Å². The zero-order valence-corrected chi connectivity index (χ0v) is 13.5. The van der Waals surface area contributed by atoms with Crippen molar-refractivity contribution in [3.05, 3.63) is 0 Å². The van der Waals surface area contributed by atoms with Gasteiger partial charge in [-0.15, -0.1) is 0 Å². The first-order valence-corrected chi connectivity index (χ1v) is 8.09. The Balaban J connectivity index is 1.87. The maximum absolute atomic E-state index is 12.2. The SMILES string of the molecule is CC(C)(C)OC(=O)N1CCC(O)C(CC2CCOCC2)C1. The number of aliphatic hydroxyl groups is 1. The lowest BCUT2D eigenvalue weighted by atomic mass is 9.83. The first-order valence-electron chi connectivity index (χ1n) is 8.09. The molecular weight excluding hydrogens is 270 g/mol. The molecule has 122 valence electrons. The van der Waals surface area contributed by atoms with E-state index in [1.54, 1.807) is 4.90 Å². The number of amides is 1. The number of carbonyl (C=O) groups excluding carboxylic acids is 1. The lowest BCUT2D eigenvalue weighted by molar-refractivity contribution is -0.0197. The zero-order valence-electron chi connectivity index (χ0n) is 13.5. The third-order valence-corrected chi connectivity index (χ3v) is 4.32. The molecule has 2 heterocycles. The molecule has 0 aromatic carbocycles. The van der Waals surface area contributed by atoms with Crippen LogP contribution in [0.2, 0.25) is 0 Å². The fourth-order valence-electron chi connectivity index (χ4n) is 3.15. The van der Waals surface area contributed by atoms with Gasteiger partial charge in [0.1, 0.15) is 5.60 Å². The van der Waals surface area contributed by atoms with Crippen molar-refractivity contribution in [2.75, 3.05) is 26.3 Å². The maximum atomic E-state index is 12.2. The molecule has 2 aliphatic rings. The molecule has 0 aromatic rings. The molecule has 2 atom stereocenters. The highest BCUT2D eigenvalue weighted by atomic mass is 16.6. The predicted octanol–water partition coefficient (Wildman–Crippen LogP) is 2.42. The van der Waals surface area contributed by atoms with Gasteiger partial charge in [0.15, 0.2) is 0 Å². The van der Waals surface area contributed by atoms with Gasteiger partial charge in [-0.1, -0.05) is 0 Å². The van der Waals surface area contributed by atoms with Crippen LogP contribution in [0.4, 0.5) is 4.79 Å². The Labute approximate surface area is 127 Å². The van der Waals surface area contributed by atoms with E-state index in [1.165, 1.54) is 0 Å². The number of hydrogen-bond acceptors (Lipinski definition) is 4. The first-order chi connectivity index (χ1) is 9.85. The van der Waals surface area contributed by atoms with Crippen molar-refractivity contribution in [1.82, 2.24) is 4.90 Å². The average Bonchev–Trinajstić information content (AvgIpc) is 2.40. The summed E-state index contributed by atoms with van der Waals surface area (Å²) < 4.78 is 10.8. The largest absolute Gasteiger partial charge is 0.444 e. The van der Waals surface area contributed by atoms with Crippen LogP contribution in [0.3, 0.4) is 0 Å². The topological polar surface area (TPSA) is 59.0 Å². The molecule has 5 heteroatoms. The highest BCUT2D eigenvalue weighted by Crippen LogP contribution is 2.29. The van der Waals surface area contributed by atoms with Gasteiger partial charge < -0.3 is 19.5 Å². The Morgan fingerprint density at radius 3 is 2.57 bits per heavy atom. The molecule has 2 rings (SSSR count). The van der Waals surface area contributed by atoms with Crippen molar-refractivity contribution in [3.8, 4) is 0 Å². The van der Waals surface area contributed by atoms with Crippen molar-refractivity contribution in [1.29, 1.82) is 0 Å². The molecule has 1 amide bonds. The molecule has 2 aliphatic heterocycles. The van der Waals surface area contributed by atoms with Gasteiger partial charge >= 0.3 is 6.09 Å². The van der Waals surface area contributed by atoms with E-state index in [0.29, 0.717) is 25.4 Å². The Morgan fingerprint density at radius 2 is 1.95 bits per heavy atom. The lowest BCUT2D eigenvalue weighted by Crippen LogP contribution is -2.48. The molecule has 1 N–H and O–H groups in total. The third-order valence-electron chi connectivity index (χ3n) is 4.32. The normalized spacial score (nSPS) is 28.5. The van der Waals surface area contributed by atoms with Crippen LogP contribution in [0.15, 0.2) is 0 Å². The van der Waals surface area contributed by atoms with Gasteiger partial charge in [0.2, 0.25) is 0 Å². The molecule has 21 heavy (non-hydrogen) atoms. The molecule has 2 unspecified atom stereocenters. The highest BCUT2D eigenvalue weighted by Gasteiger charge is 2.34. The maximum Gasteiger partial charge on any atom is 0.410 e. The third kappa shape index (κ3) is 5.15. The second-order valence-electron chi connectivity index (χ2n) is 7.33. The van der Waals surface area contributed by atoms with Crippen LogP contribution in [0.5, 0.6) is 0 Å². The Kier molecular flexibility index (Phi) is 5.49. The van der Waals surface area contributed by atoms with Crippen molar-refractivity contribution in [2.24, 2.45) is 11.8 Å². The predicted molar refractivity (Wildman–Crippen MR) is 80.1 cm³/mol. The van der Waals surface area contributed by atoms with E-state index in [1.807, 2.05) is 20.8 Å². The van der Waals surface area contributed by atoms with Gasteiger partial charge in [-0.2, -0.15) is 0 Å². The molecule has 5 nitrogen and oxygen atoms in total. The van der Waals surface area contributed by atoms with Gasteiger partial charge in [-0.25, -0.2) is 4.79 Å². The molecule has 0 aliphatic carbocycles. The van der Waals surface area contributed by atoms with Gasteiger partial charge in [0, 0.05) is 32.2 Å². The molecule has 0 aromatic heterocycles. The summed E-state index contributed by atoms with van der Waals surface area (Å²) in [6.07, 6.45) is 3.19. The Bertz CT molecular complexity index is 347. The molecule has 0 radical (unpaired) electrons. The molecule has 2 saturated heterocycles. The number of nitrogens with zero attached hydrogens (tertiary/aromatic N) is 1. The van der Waals surface area contributed by atoms with Crippen LogP contribution in [0, 0.1) is 11.8 Å². The number of piperidine rings is 1. The van der Waals surface area contributed by atoms with Crippen LogP contribution in [0.1, 0.15) is 46.5 Å². The fraction of sp³-hybridized carbons (Fsp3) is 0.938. The highest BCUT2D eigenvalue weighted by molar-refractivity contribution is 5.68. The van der Waals surface area contributed by atoms with Crippen molar-refractivity contribution in [2.45, 2.75) is 58.2 Å². The second-order valence-corrected chi connectivity index (χ2v) is 7.33. The van der Waals surface area contributed by atoms with Crippen LogP contribution >= 0.6 is 0 Å². The summed E-state index contributed by atoms with van der Waals surface area (Å²) in [6.45, 7) is 8.47. The fourth-order valence-corrected chi connectivity index (χ4v) is 3.15. The first kappa shape index (κ1) is 16.6. The van der Waals surface area contributed by atoms with E-state index < -0.39 is 5.60 Å². The van der Waals surface area contributed by atoms with Crippen LogP contribution in [-0.2, 0) is 9.47 Å². The minimum absolute atomic E-state index is 0.161. The summed E-state index contributed by atoms with van der Waals surface area (Å²) >= 11 is 0.